The molecule has 0 saturated carbocycles. The number of alkyl halides is 2. The third-order valence-corrected chi connectivity index (χ3v) is 4.80. The Morgan fingerprint density at radius 1 is 1.38 bits per heavy atom. The maximum atomic E-state index is 12.4. The summed E-state index contributed by atoms with van der Waals surface area (Å²) in [5, 5.41) is 2.37. The summed E-state index contributed by atoms with van der Waals surface area (Å²) in [4.78, 5) is 11.6. The number of benzene rings is 1. The van der Waals surface area contributed by atoms with Crippen LogP contribution in [0, 0.1) is 0 Å². The second-order valence-electron chi connectivity index (χ2n) is 6.03. The van der Waals surface area contributed by atoms with E-state index in [1.54, 1.807) is 20.8 Å². The monoisotopic (exact) mass is 384 g/mol. The number of carbonyl (C=O) groups excluding carboxylic acids is 1. The second kappa shape index (κ2) is 7.62. The number of nitrogens with zero attached hydrogens (tertiary/aromatic N) is 1. The van der Waals surface area contributed by atoms with Crippen LogP contribution in [-0.4, -0.2) is 44.4 Å². The van der Waals surface area contributed by atoms with Gasteiger partial charge in [-0.15, -0.1) is 0 Å². The van der Waals surface area contributed by atoms with Crippen molar-refractivity contribution in [3.8, 4) is 5.75 Å². The number of amides is 1. The molecule has 1 aromatic carbocycles. The van der Waals surface area contributed by atoms with Crippen molar-refractivity contribution < 1.29 is 26.7 Å². The molecule has 0 fully saturated rings. The number of hydrogen-bond acceptors (Lipinski definition) is 4. The van der Waals surface area contributed by atoms with Crippen molar-refractivity contribution in [1.82, 2.24) is 9.62 Å². The summed E-state index contributed by atoms with van der Waals surface area (Å²) in [5.41, 5.74) is -0.501. The first kappa shape index (κ1) is 20.6. The summed E-state index contributed by atoms with van der Waals surface area (Å²) in [6.45, 7) is 1.82. The molecule has 0 atom stereocenters. The number of carbonyl (C=O) groups is 1. The fourth-order valence-corrected chi connectivity index (χ4v) is 3.20. The van der Waals surface area contributed by atoms with Crippen molar-refractivity contribution in [2.45, 2.75) is 37.8 Å². The van der Waals surface area contributed by atoms with Crippen molar-refractivity contribution in [1.29, 1.82) is 0 Å². The molecule has 1 rings (SSSR count). The highest BCUT2D eigenvalue weighted by Crippen LogP contribution is 2.29. The van der Waals surface area contributed by atoms with Crippen LogP contribution in [0.15, 0.2) is 23.1 Å². The Morgan fingerprint density at radius 2 is 1.96 bits per heavy atom. The summed E-state index contributed by atoms with van der Waals surface area (Å²) < 4.78 is 54.2. The molecule has 1 N–H and O–H groups in total. The lowest BCUT2D eigenvalue weighted by Gasteiger charge is -2.23. The van der Waals surface area contributed by atoms with E-state index in [1.165, 1.54) is 7.05 Å². The van der Waals surface area contributed by atoms with Gasteiger partial charge in [0.15, 0.2) is 0 Å². The minimum Gasteiger partial charge on any atom is -0.433 e. The summed E-state index contributed by atoms with van der Waals surface area (Å²) in [6.07, 6.45) is 0. The Labute approximate surface area is 144 Å². The van der Waals surface area contributed by atoms with E-state index in [-0.39, 0.29) is 15.7 Å². The van der Waals surface area contributed by atoms with Crippen molar-refractivity contribution in [2.75, 3.05) is 13.6 Å². The SMILES string of the molecule is CN(CC(=O)NC(C)(C)C)S(=O)(=O)c1ccc(OC(F)F)c(Cl)c1. The fraction of sp³-hybridized carbons (Fsp3) is 0.500. The molecule has 0 aliphatic carbocycles. The van der Waals surface area contributed by atoms with Gasteiger partial charge in [-0.05, 0) is 39.0 Å². The zero-order chi connectivity index (χ0) is 18.7. The largest absolute Gasteiger partial charge is 0.433 e. The van der Waals surface area contributed by atoms with Gasteiger partial charge in [-0.2, -0.15) is 13.1 Å². The number of sulfonamides is 1. The Hall–Kier alpha value is -1.45. The van der Waals surface area contributed by atoms with E-state index in [0.29, 0.717) is 0 Å². The predicted molar refractivity (Wildman–Crippen MR) is 85.8 cm³/mol. The van der Waals surface area contributed by atoms with E-state index >= 15 is 0 Å². The molecule has 24 heavy (non-hydrogen) atoms. The van der Waals surface area contributed by atoms with Gasteiger partial charge in [0.05, 0.1) is 16.5 Å². The average Bonchev–Trinajstić information content (AvgIpc) is 2.37. The van der Waals surface area contributed by atoms with Crippen LogP contribution in [0.25, 0.3) is 0 Å². The number of likely N-dealkylation sites (N-methyl/N-ethyl adjacent to an activating group) is 1. The number of ether oxygens (including phenoxy) is 1. The predicted octanol–water partition coefficient (Wildman–Crippen LogP) is 2.48. The maximum absolute atomic E-state index is 12.4. The normalized spacial score (nSPS) is 12.5. The highest BCUT2D eigenvalue weighted by atomic mass is 35.5. The van der Waals surface area contributed by atoms with Crippen LogP contribution in [-0.2, 0) is 14.8 Å². The van der Waals surface area contributed by atoms with Crippen molar-refractivity contribution in [3.63, 3.8) is 0 Å². The summed E-state index contributed by atoms with van der Waals surface area (Å²) >= 11 is 5.76. The third kappa shape index (κ3) is 5.88. The molecule has 10 heteroatoms. The van der Waals surface area contributed by atoms with E-state index in [9.17, 15) is 22.0 Å². The lowest BCUT2D eigenvalue weighted by molar-refractivity contribution is -0.122. The molecule has 0 aromatic heterocycles. The molecule has 0 aliphatic heterocycles. The van der Waals surface area contributed by atoms with Crippen molar-refractivity contribution in [2.24, 2.45) is 0 Å². The highest BCUT2D eigenvalue weighted by molar-refractivity contribution is 7.89. The van der Waals surface area contributed by atoms with E-state index in [4.69, 9.17) is 11.6 Å². The molecular weight excluding hydrogens is 366 g/mol. The van der Waals surface area contributed by atoms with Gasteiger partial charge in [0.1, 0.15) is 5.75 Å². The third-order valence-electron chi connectivity index (χ3n) is 2.71. The molecule has 0 radical (unpaired) electrons. The summed E-state index contributed by atoms with van der Waals surface area (Å²) in [5.74, 6) is -0.809. The van der Waals surface area contributed by atoms with Gasteiger partial charge in [0.2, 0.25) is 15.9 Å². The molecule has 1 aromatic rings. The Kier molecular flexibility index (Phi) is 6.54. The van der Waals surface area contributed by atoms with Crippen LogP contribution < -0.4 is 10.1 Å². The first-order valence-electron chi connectivity index (χ1n) is 6.84. The topological polar surface area (TPSA) is 75.7 Å². The molecule has 0 unspecified atom stereocenters. The second-order valence-corrected chi connectivity index (χ2v) is 8.48. The zero-order valence-corrected chi connectivity index (χ0v) is 15.2. The van der Waals surface area contributed by atoms with E-state index < -0.39 is 34.6 Å². The van der Waals surface area contributed by atoms with Crippen LogP contribution >= 0.6 is 11.6 Å². The molecule has 0 heterocycles. The summed E-state index contributed by atoms with van der Waals surface area (Å²) in [6, 6.07) is 3.11. The van der Waals surface area contributed by atoms with E-state index in [1.807, 2.05) is 0 Å². The molecule has 0 spiro atoms. The van der Waals surface area contributed by atoms with Crippen LogP contribution in [0.3, 0.4) is 0 Å². The highest BCUT2D eigenvalue weighted by Gasteiger charge is 2.25. The molecule has 136 valence electrons. The van der Waals surface area contributed by atoms with Gasteiger partial charge < -0.3 is 10.1 Å². The van der Waals surface area contributed by atoms with Crippen LogP contribution in [0.5, 0.6) is 5.75 Å². The maximum Gasteiger partial charge on any atom is 0.387 e. The zero-order valence-electron chi connectivity index (χ0n) is 13.6. The Morgan fingerprint density at radius 3 is 2.42 bits per heavy atom. The molecule has 0 bridgehead atoms. The minimum atomic E-state index is -4.01. The minimum absolute atomic E-state index is 0.236. The van der Waals surface area contributed by atoms with E-state index in [0.717, 1.165) is 22.5 Å². The number of halogens is 3. The smallest absolute Gasteiger partial charge is 0.387 e. The van der Waals surface area contributed by atoms with Crippen LogP contribution in [0.2, 0.25) is 5.02 Å². The first-order valence-corrected chi connectivity index (χ1v) is 8.66. The average molecular weight is 385 g/mol. The standard InChI is InChI=1S/C14H19ClF2N2O4S/c1-14(2,3)18-12(20)8-19(4)24(21,22)9-5-6-11(10(15)7-9)23-13(16)17/h5-7,13H,8H2,1-4H3,(H,18,20). The van der Waals surface area contributed by atoms with E-state index in [2.05, 4.69) is 10.1 Å². The molecule has 1 amide bonds. The van der Waals surface area contributed by atoms with Gasteiger partial charge >= 0.3 is 6.61 Å². The van der Waals surface area contributed by atoms with Gasteiger partial charge in [0.25, 0.3) is 0 Å². The number of nitrogens with one attached hydrogen (secondary N) is 1. The van der Waals surface area contributed by atoms with Gasteiger partial charge in [0, 0.05) is 12.6 Å². The molecule has 0 saturated heterocycles. The Balaban J connectivity index is 2.95. The summed E-state index contributed by atoms with van der Waals surface area (Å²) in [7, 11) is -2.78. The van der Waals surface area contributed by atoms with Crippen LogP contribution in [0.4, 0.5) is 8.78 Å². The first-order chi connectivity index (χ1) is 10.8. The Bertz CT molecular complexity index is 705. The lowest BCUT2D eigenvalue weighted by atomic mass is 10.1. The number of rotatable bonds is 6. The fourth-order valence-electron chi connectivity index (χ4n) is 1.76. The molecule has 0 aliphatic rings. The molecule has 6 nitrogen and oxygen atoms in total. The van der Waals surface area contributed by atoms with Gasteiger partial charge in [-0.3, -0.25) is 4.79 Å². The lowest BCUT2D eigenvalue weighted by Crippen LogP contribution is -2.46. The van der Waals surface area contributed by atoms with Gasteiger partial charge in [-0.25, -0.2) is 8.42 Å². The van der Waals surface area contributed by atoms with Crippen molar-refractivity contribution in [3.05, 3.63) is 23.2 Å². The van der Waals surface area contributed by atoms with Gasteiger partial charge in [-0.1, -0.05) is 11.6 Å². The number of hydrogen-bond donors (Lipinski definition) is 1. The molecular formula is C14H19ClF2N2O4S. The van der Waals surface area contributed by atoms with Crippen molar-refractivity contribution >= 4 is 27.5 Å². The quantitative estimate of drug-likeness (QED) is 0.817. The van der Waals surface area contributed by atoms with Crippen LogP contribution in [0.1, 0.15) is 20.8 Å².